The Morgan fingerprint density at radius 3 is 2.59 bits per heavy atom. The van der Waals surface area contributed by atoms with Crippen LogP contribution in [0.5, 0.6) is 0 Å². The molecule has 94 valence electrons. The Balaban J connectivity index is 2.40. The summed E-state index contributed by atoms with van der Waals surface area (Å²) in [5.41, 5.74) is 0. The Labute approximate surface area is 108 Å². The first-order valence-corrected chi connectivity index (χ1v) is 7.28. The fourth-order valence-corrected chi connectivity index (χ4v) is 3.61. The smallest absolute Gasteiger partial charge is 0.246 e. The molecule has 0 amide bonds. The Hall–Kier alpha value is -0.500. The first-order valence-electron chi connectivity index (χ1n) is 5.05. The minimum absolute atomic E-state index is 0.258. The summed E-state index contributed by atoms with van der Waals surface area (Å²) in [4.78, 5) is -0.297. The summed E-state index contributed by atoms with van der Waals surface area (Å²) < 4.78 is 44.7. The van der Waals surface area contributed by atoms with Gasteiger partial charge in [0.05, 0.1) is 13.2 Å². The van der Waals surface area contributed by atoms with Gasteiger partial charge in [0.2, 0.25) is 10.0 Å². The van der Waals surface area contributed by atoms with E-state index in [-0.39, 0.29) is 18.0 Å². The lowest BCUT2D eigenvalue weighted by molar-refractivity contribution is 0.0729. The fourth-order valence-electron chi connectivity index (χ4n) is 1.60. The van der Waals surface area contributed by atoms with Crippen LogP contribution in [0.15, 0.2) is 27.6 Å². The van der Waals surface area contributed by atoms with Crippen molar-refractivity contribution in [2.45, 2.75) is 4.90 Å². The van der Waals surface area contributed by atoms with E-state index in [2.05, 4.69) is 15.9 Å². The van der Waals surface area contributed by atoms with Gasteiger partial charge in [0.25, 0.3) is 0 Å². The van der Waals surface area contributed by atoms with Crippen molar-refractivity contribution in [2.24, 2.45) is 0 Å². The van der Waals surface area contributed by atoms with Gasteiger partial charge in [0.1, 0.15) is 10.7 Å². The van der Waals surface area contributed by atoms with Crippen molar-refractivity contribution in [2.75, 3.05) is 26.3 Å². The van der Waals surface area contributed by atoms with Crippen LogP contribution in [-0.2, 0) is 14.8 Å². The van der Waals surface area contributed by atoms with Crippen LogP contribution in [0, 0.1) is 5.82 Å². The van der Waals surface area contributed by atoms with E-state index in [1.807, 2.05) is 0 Å². The van der Waals surface area contributed by atoms with Crippen LogP contribution in [0.25, 0.3) is 0 Å². The van der Waals surface area contributed by atoms with Crippen molar-refractivity contribution >= 4 is 26.0 Å². The highest BCUT2D eigenvalue weighted by atomic mass is 79.9. The monoisotopic (exact) mass is 323 g/mol. The number of halogens is 2. The first-order chi connectivity index (χ1) is 8.01. The van der Waals surface area contributed by atoms with Gasteiger partial charge in [-0.15, -0.1) is 0 Å². The summed E-state index contributed by atoms with van der Waals surface area (Å²) in [5, 5.41) is 0. The third kappa shape index (κ3) is 2.67. The second-order valence-electron chi connectivity index (χ2n) is 3.59. The Morgan fingerprint density at radius 1 is 1.29 bits per heavy atom. The second kappa shape index (κ2) is 5.01. The number of sulfonamides is 1. The molecule has 4 nitrogen and oxygen atoms in total. The average Bonchev–Trinajstić information content (AvgIpc) is 2.33. The number of benzene rings is 1. The average molecular weight is 324 g/mol. The second-order valence-corrected chi connectivity index (χ2v) is 6.41. The maximum atomic E-state index is 13.6. The molecule has 0 atom stereocenters. The number of rotatable bonds is 2. The molecule has 1 fully saturated rings. The molecule has 0 N–H and O–H groups in total. The van der Waals surface area contributed by atoms with Gasteiger partial charge in [-0.1, -0.05) is 15.9 Å². The number of hydrogen-bond donors (Lipinski definition) is 0. The molecule has 0 saturated carbocycles. The third-order valence-electron chi connectivity index (χ3n) is 2.48. The molecule has 2 rings (SSSR count). The molecule has 0 bridgehead atoms. The lowest BCUT2D eigenvalue weighted by Gasteiger charge is -2.26. The minimum atomic E-state index is -3.77. The predicted octanol–water partition coefficient (Wildman–Crippen LogP) is 1.61. The molecule has 1 aromatic carbocycles. The van der Waals surface area contributed by atoms with Gasteiger partial charge in [-0.05, 0) is 18.2 Å². The lowest BCUT2D eigenvalue weighted by atomic mass is 10.3. The zero-order valence-corrected chi connectivity index (χ0v) is 11.3. The molecule has 0 aromatic heterocycles. The standard InChI is InChI=1S/C10H11BrFNO3S/c11-8-1-2-9(12)10(7-8)17(14,15)13-3-5-16-6-4-13/h1-2,7H,3-6H2. The molecular formula is C10H11BrFNO3S. The largest absolute Gasteiger partial charge is 0.379 e. The third-order valence-corrected chi connectivity index (χ3v) is 4.89. The number of ether oxygens (including phenoxy) is 1. The van der Waals surface area contributed by atoms with Gasteiger partial charge >= 0.3 is 0 Å². The van der Waals surface area contributed by atoms with Crippen LogP contribution in [0.1, 0.15) is 0 Å². The highest BCUT2D eigenvalue weighted by molar-refractivity contribution is 9.10. The van der Waals surface area contributed by atoms with Gasteiger partial charge in [-0.3, -0.25) is 0 Å². The van der Waals surface area contributed by atoms with E-state index in [0.717, 1.165) is 6.07 Å². The summed E-state index contributed by atoms with van der Waals surface area (Å²) in [7, 11) is -3.77. The normalized spacial score (nSPS) is 18.2. The van der Waals surface area contributed by atoms with Crippen molar-refractivity contribution in [3.05, 3.63) is 28.5 Å². The molecule has 1 saturated heterocycles. The van der Waals surface area contributed by atoms with Crippen molar-refractivity contribution in [3.8, 4) is 0 Å². The Morgan fingerprint density at radius 2 is 1.94 bits per heavy atom. The molecule has 1 aromatic rings. The molecule has 17 heavy (non-hydrogen) atoms. The van der Waals surface area contributed by atoms with E-state index in [4.69, 9.17) is 4.74 Å². The molecule has 1 aliphatic heterocycles. The number of nitrogens with zero attached hydrogens (tertiary/aromatic N) is 1. The van der Waals surface area contributed by atoms with Crippen molar-refractivity contribution < 1.29 is 17.5 Å². The van der Waals surface area contributed by atoms with E-state index < -0.39 is 15.8 Å². The molecule has 0 unspecified atom stereocenters. The van der Waals surface area contributed by atoms with Crippen LogP contribution in [0.3, 0.4) is 0 Å². The molecule has 1 aliphatic rings. The summed E-state index contributed by atoms with van der Waals surface area (Å²) in [6.45, 7) is 1.20. The van der Waals surface area contributed by atoms with Gasteiger partial charge in [0.15, 0.2) is 0 Å². The van der Waals surface area contributed by atoms with E-state index in [1.165, 1.54) is 16.4 Å². The fraction of sp³-hybridized carbons (Fsp3) is 0.400. The van der Waals surface area contributed by atoms with Gasteiger partial charge < -0.3 is 4.74 Å². The molecular weight excluding hydrogens is 313 g/mol. The van der Waals surface area contributed by atoms with Crippen LogP contribution in [0.2, 0.25) is 0 Å². The minimum Gasteiger partial charge on any atom is -0.379 e. The van der Waals surface area contributed by atoms with Crippen molar-refractivity contribution in [3.63, 3.8) is 0 Å². The maximum absolute atomic E-state index is 13.6. The van der Waals surface area contributed by atoms with Crippen LogP contribution >= 0.6 is 15.9 Å². The van der Waals surface area contributed by atoms with E-state index in [1.54, 1.807) is 0 Å². The van der Waals surface area contributed by atoms with Gasteiger partial charge in [-0.2, -0.15) is 4.31 Å². The SMILES string of the molecule is O=S(=O)(c1cc(Br)ccc1F)N1CCOCC1. The number of hydrogen-bond acceptors (Lipinski definition) is 3. The van der Waals surface area contributed by atoms with E-state index in [0.29, 0.717) is 17.7 Å². The summed E-state index contributed by atoms with van der Waals surface area (Å²) >= 11 is 3.14. The zero-order valence-electron chi connectivity index (χ0n) is 8.90. The van der Waals surface area contributed by atoms with E-state index in [9.17, 15) is 12.8 Å². The quantitative estimate of drug-likeness (QED) is 0.830. The number of morpholine rings is 1. The molecule has 0 aliphatic carbocycles. The van der Waals surface area contributed by atoms with Gasteiger partial charge in [-0.25, -0.2) is 12.8 Å². The highest BCUT2D eigenvalue weighted by Crippen LogP contribution is 2.23. The molecule has 7 heteroatoms. The molecule has 1 heterocycles. The molecule has 0 spiro atoms. The maximum Gasteiger partial charge on any atom is 0.246 e. The van der Waals surface area contributed by atoms with Crippen LogP contribution in [0.4, 0.5) is 4.39 Å². The Bertz CT molecular complexity index is 514. The van der Waals surface area contributed by atoms with Gasteiger partial charge in [0, 0.05) is 17.6 Å². The Kier molecular flexibility index (Phi) is 3.82. The van der Waals surface area contributed by atoms with E-state index >= 15 is 0 Å². The van der Waals surface area contributed by atoms with Crippen molar-refractivity contribution in [1.82, 2.24) is 4.31 Å². The lowest BCUT2D eigenvalue weighted by Crippen LogP contribution is -2.40. The zero-order chi connectivity index (χ0) is 12.5. The van der Waals surface area contributed by atoms with Crippen LogP contribution in [-0.4, -0.2) is 39.0 Å². The highest BCUT2D eigenvalue weighted by Gasteiger charge is 2.28. The summed E-state index contributed by atoms with van der Waals surface area (Å²) in [6, 6.07) is 3.88. The van der Waals surface area contributed by atoms with Crippen LogP contribution < -0.4 is 0 Å². The summed E-state index contributed by atoms with van der Waals surface area (Å²) in [6.07, 6.45) is 0. The van der Waals surface area contributed by atoms with Crippen molar-refractivity contribution in [1.29, 1.82) is 0 Å². The summed E-state index contributed by atoms with van der Waals surface area (Å²) in [5.74, 6) is -0.736. The topological polar surface area (TPSA) is 46.6 Å². The molecule has 0 radical (unpaired) electrons. The first kappa shape index (κ1) is 12.9. The predicted molar refractivity (Wildman–Crippen MR) is 63.7 cm³/mol.